The van der Waals surface area contributed by atoms with Gasteiger partial charge in [-0.3, -0.25) is 4.79 Å². The lowest BCUT2D eigenvalue weighted by Gasteiger charge is -2.24. The number of hydrogen-bond donors (Lipinski definition) is 0. The lowest BCUT2D eigenvalue weighted by atomic mass is 9.87. The first kappa shape index (κ1) is 21.6. The smallest absolute Gasteiger partial charge is 0.254 e. The van der Waals surface area contributed by atoms with E-state index in [9.17, 15) is 4.79 Å². The van der Waals surface area contributed by atoms with Crippen LogP contribution >= 0.6 is 0 Å². The Hall–Kier alpha value is -3.08. The molecule has 1 heterocycles. The Morgan fingerprint density at radius 1 is 1.13 bits per heavy atom. The van der Waals surface area contributed by atoms with Crippen LogP contribution in [-0.2, 0) is 18.5 Å². The third-order valence-electron chi connectivity index (χ3n) is 5.20. The predicted molar refractivity (Wildman–Crippen MR) is 120 cm³/mol. The maximum atomic E-state index is 13.3. The fourth-order valence-corrected chi connectivity index (χ4v) is 3.38. The van der Waals surface area contributed by atoms with Crippen molar-refractivity contribution < 1.29 is 9.53 Å². The average molecular weight is 406 g/mol. The second-order valence-electron chi connectivity index (χ2n) is 8.56. The zero-order valence-corrected chi connectivity index (χ0v) is 18.3. The molecule has 5 nitrogen and oxygen atoms in total. The first-order valence-corrected chi connectivity index (χ1v) is 10.4. The number of benzene rings is 2. The highest BCUT2D eigenvalue weighted by molar-refractivity contribution is 5.94. The summed E-state index contributed by atoms with van der Waals surface area (Å²) in [5.41, 5.74) is 3.17. The summed E-state index contributed by atoms with van der Waals surface area (Å²) in [5.74, 6) is 0.702. The molecular formula is C25H31N3O2. The third-order valence-corrected chi connectivity index (χ3v) is 5.20. The molecule has 5 heteroatoms. The van der Waals surface area contributed by atoms with E-state index in [0.717, 1.165) is 18.5 Å². The number of methoxy groups -OCH3 is 1. The van der Waals surface area contributed by atoms with Gasteiger partial charge in [-0.15, -0.1) is 0 Å². The van der Waals surface area contributed by atoms with Crippen molar-refractivity contribution in [2.24, 2.45) is 0 Å². The fourth-order valence-electron chi connectivity index (χ4n) is 3.38. The van der Waals surface area contributed by atoms with Crippen LogP contribution in [0.4, 0.5) is 0 Å². The molecule has 0 bridgehead atoms. The zero-order valence-electron chi connectivity index (χ0n) is 18.3. The van der Waals surface area contributed by atoms with Gasteiger partial charge in [-0.2, -0.15) is 0 Å². The third kappa shape index (κ3) is 5.72. The van der Waals surface area contributed by atoms with E-state index in [2.05, 4.69) is 50.0 Å². The first-order valence-electron chi connectivity index (χ1n) is 10.4. The zero-order chi connectivity index (χ0) is 21.6. The molecule has 0 saturated carbocycles. The molecule has 0 aliphatic carbocycles. The molecule has 158 valence electrons. The quantitative estimate of drug-likeness (QED) is 0.534. The number of aryl methyl sites for hydroxylation is 1. The van der Waals surface area contributed by atoms with Crippen LogP contribution in [0.15, 0.2) is 67.3 Å². The van der Waals surface area contributed by atoms with Crippen LogP contribution in [0.1, 0.15) is 48.7 Å². The van der Waals surface area contributed by atoms with E-state index in [1.807, 2.05) is 33.9 Å². The molecule has 0 aliphatic heterocycles. The van der Waals surface area contributed by atoms with Crippen LogP contribution in [0.3, 0.4) is 0 Å². The summed E-state index contributed by atoms with van der Waals surface area (Å²) in [6.45, 7) is 8.68. The minimum atomic E-state index is 0.0134. The Balaban J connectivity index is 1.76. The van der Waals surface area contributed by atoms with Crippen molar-refractivity contribution in [3.63, 3.8) is 0 Å². The number of imidazole rings is 1. The Bertz CT molecular complexity index is 941. The summed E-state index contributed by atoms with van der Waals surface area (Å²) in [7, 11) is 1.61. The van der Waals surface area contributed by atoms with Gasteiger partial charge in [0.1, 0.15) is 5.75 Å². The second-order valence-corrected chi connectivity index (χ2v) is 8.56. The van der Waals surface area contributed by atoms with Crippen molar-refractivity contribution in [2.75, 3.05) is 13.7 Å². The lowest BCUT2D eigenvalue weighted by molar-refractivity contribution is 0.0738. The molecular weight excluding hydrogens is 374 g/mol. The molecule has 30 heavy (non-hydrogen) atoms. The Kier molecular flexibility index (Phi) is 6.93. The lowest BCUT2D eigenvalue weighted by Crippen LogP contribution is -2.32. The molecule has 0 spiro atoms. The number of nitrogens with zero attached hydrogens (tertiary/aromatic N) is 3. The SMILES string of the molecule is COc1cccc(C(=O)N(CCCn2ccnc2)Cc2ccc(C(C)(C)C)cc2)c1. The minimum absolute atomic E-state index is 0.0134. The van der Waals surface area contributed by atoms with Gasteiger partial charge < -0.3 is 14.2 Å². The van der Waals surface area contributed by atoms with Gasteiger partial charge in [0, 0.05) is 37.6 Å². The summed E-state index contributed by atoms with van der Waals surface area (Å²) in [6.07, 6.45) is 6.38. The van der Waals surface area contributed by atoms with Gasteiger partial charge in [-0.1, -0.05) is 51.1 Å². The molecule has 0 radical (unpaired) electrons. The molecule has 0 N–H and O–H groups in total. The molecule has 0 fully saturated rings. The van der Waals surface area contributed by atoms with E-state index in [1.54, 1.807) is 25.7 Å². The summed E-state index contributed by atoms with van der Waals surface area (Å²) < 4.78 is 7.33. The number of carbonyl (C=O) groups excluding carboxylic acids is 1. The van der Waals surface area contributed by atoms with Crippen molar-refractivity contribution in [2.45, 2.75) is 45.7 Å². The number of rotatable bonds is 8. The molecule has 3 rings (SSSR count). The van der Waals surface area contributed by atoms with Gasteiger partial charge in [-0.25, -0.2) is 4.98 Å². The molecule has 1 aromatic heterocycles. The van der Waals surface area contributed by atoms with Gasteiger partial charge in [0.15, 0.2) is 0 Å². The highest BCUT2D eigenvalue weighted by Gasteiger charge is 2.18. The predicted octanol–water partition coefficient (Wildman–Crippen LogP) is 4.92. The number of amides is 1. The highest BCUT2D eigenvalue weighted by Crippen LogP contribution is 2.23. The highest BCUT2D eigenvalue weighted by atomic mass is 16.5. The Morgan fingerprint density at radius 2 is 1.90 bits per heavy atom. The van der Waals surface area contributed by atoms with Crippen LogP contribution in [0.5, 0.6) is 5.75 Å². The van der Waals surface area contributed by atoms with Crippen LogP contribution in [0, 0.1) is 0 Å². The molecule has 0 saturated heterocycles. The standard InChI is InChI=1S/C25H31N3O2/c1-25(2,3)22-11-9-20(10-12-22)18-28(15-6-14-27-16-13-26-19-27)24(29)21-7-5-8-23(17-21)30-4/h5,7-13,16-17,19H,6,14-15,18H2,1-4H3. The van der Waals surface area contributed by atoms with E-state index < -0.39 is 0 Å². The van der Waals surface area contributed by atoms with Crippen molar-refractivity contribution in [1.82, 2.24) is 14.5 Å². The molecule has 2 aromatic carbocycles. The summed E-state index contributed by atoms with van der Waals surface area (Å²) in [6, 6.07) is 15.9. The topological polar surface area (TPSA) is 47.4 Å². The van der Waals surface area contributed by atoms with E-state index in [-0.39, 0.29) is 11.3 Å². The summed E-state index contributed by atoms with van der Waals surface area (Å²) >= 11 is 0. The second kappa shape index (κ2) is 9.61. The van der Waals surface area contributed by atoms with Crippen molar-refractivity contribution >= 4 is 5.91 Å². The van der Waals surface area contributed by atoms with Crippen LogP contribution in [0.25, 0.3) is 0 Å². The van der Waals surface area contributed by atoms with Gasteiger partial charge in [0.2, 0.25) is 0 Å². The number of hydrogen-bond acceptors (Lipinski definition) is 3. The van der Waals surface area contributed by atoms with E-state index >= 15 is 0 Å². The monoisotopic (exact) mass is 405 g/mol. The van der Waals surface area contributed by atoms with Gasteiger partial charge in [0.05, 0.1) is 13.4 Å². The summed E-state index contributed by atoms with van der Waals surface area (Å²) in [5, 5.41) is 0. The van der Waals surface area contributed by atoms with E-state index in [0.29, 0.717) is 24.4 Å². The molecule has 0 unspecified atom stereocenters. The molecule has 3 aromatic rings. The van der Waals surface area contributed by atoms with Crippen LogP contribution in [0.2, 0.25) is 0 Å². The van der Waals surface area contributed by atoms with Crippen molar-refractivity contribution in [1.29, 1.82) is 0 Å². The van der Waals surface area contributed by atoms with Crippen molar-refractivity contribution in [3.8, 4) is 5.75 Å². The normalized spacial score (nSPS) is 11.3. The maximum absolute atomic E-state index is 13.3. The first-order chi connectivity index (χ1) is 14.4. The number of ether oxygens (including phenoxy) is 1. The van der Waals surface area contributed by atoms with Gasteiger partial charge in [0.25, 0.3) is 5.91 Å². The van der Waals surface area contributed by atoms with Crippen LogP contribution < -0.4 is 4.74 Å². The maximum Gasteiger partial charge on any atom is 0.254 e. The number of aromatic nitrogens is 2. The van der Waals surface area contributed by atoms with E-state index in [4.69, 9.17) is 4.74 Å². The Labute approximate surface area is 179 Å². The Morgan fingerprint density at radius 3 is 2.53 bits per heavy atom. The fraction of sp³-hybridized carbons (Fsp3) is 0.360. The van der Waals surface area contributed by atoms with Crippen LogP contribution in [-0.4, -0.2) is 34.0 Å². The van der Waals surface area contributed by atoms with Gasteiger partial charge in [-0.05, 0) is 41.2 Å². The van der Waals surface area contributed by atoms with Gasteiger partial charge >= 0.3 is 0 Å². The van der Waals surface area contributed by atoms with Crippen molar-refractivity contribution in [3.05, 3.63) is 83.9 Å². The number of carbonyl (C=O) groups is 1. The largest absolute Gasteiger partial charge is 0.497 e. The molecule has 0 atom stereocenters. The molecule has 0 aliphatic rings. The summed E-state index contributed by atoms with van der Waals surface area (Å²) in [4.78, 5) is 19.3. The van der Waals surface area contributed by atoms with E-state index in [1.165, 1.54) is 5.56 Å². The average Bonchev–Trinajstić information content (AvgIpc) is 3.26. The minimum Gasteiger partial charge on any atom is -0.497 e. The molecule has 1 amide bonds.